The molecule has 70 heavy (non-hydrogen) atoms. The maximum absolute atomic E-state index is 14.2. The lowest BCUT2D eigenvalue weighted by atomic mass is 9.86. The summed E-state index contributed by atoms with van der Waals surface area (Å²) in [5.41, 5.74) is -1.78. The molecule has 2 fully saturated rings. The number of benzene rings is 5. The van der Waals surface area contributed by atoms with Crippen molar-refractivity contribution in [3.05, 3.63) is 177 Å². The number of aliphatic hydroxyl groups excluding tert-OH is 1. The summed E-state index contributed by atoms with van der Waals surface area (Å²) in [6.45, 7) is 1.89. The molecule has 1 aromatic heterocycles. The van der Waals surface area contributed by atoms with Crippen LogP contribution in [0.1, 0.15) is 75.5 Å². The zero-order chi connectivity index (χ0) is 49.4. The number of amides is 2. The molecule has 1 saturated carbocycles. The Morgan fingerprint density at radius 3 is 2.24 bits per heavy atom. The number of nitrogens with one attached hydrogen (secondary N) is 4. The van der Waals surface area contributed by atoms with Crippen molar-refractivity contribution >= 4 is 28.7 Å². The van der Waals surface area contributed by atoms with Crippen LogP contribution in [-0.2, 0) is 39.2 Å². The molecule has 2 heterocycles. The lowest BCUT2D eigenvalue weighted by molar-refractivity contribution is -0.164. The van der Waals surface area contributed by atoms with Gasteiger partial charge in [0.2, 0.25) is 11.2 Å². The molecule has 1 saturated heterocycles. The molecule has 2 aliphatic rings. The minimum Gasteiger partial charge on any atom is -0.506 e. The molecule has 6 aromatic rings. The second kappa shape index (κ2) is 21.7. The number of alkyl halides is 3. The van der Waals surface area contributed by atoms with Crippen molar-refractivity contribution in [1.82, 2.24) is 25.8 Å². The number of phenolic OH excluding ortho intramolecular Hbond substituents is 1. The summed E-state index contributed by atoms with van der Waals surface area (Å²) in [5, 5.41) is 41.9. The van der Waals surface area contributed by atoms with Crippen LogP contribution < -0.4 is 26.2 Å². The van der Waals surface area contributed by atoms with Gasteiger partial charge in [0.25, 0.3) is 11.8 Å². The summed E-state index contributed by atoms with van der Waals surface area (Å²) in [6.07, 6.45) is -3.65. The SMILES string of the molecule is O=C(COc1cccc(C(O)(C(=O)OCC2CCN(Cc3ccccc3)CC2)c2ccccc2)c1)N[C@H]1C[C@H](NC(=O)c2ccc(CNC[C@H](O)c3ccc(O)c4[nH]c(=O)ccc34)c(C(F)(F)F)c2)C1. The van der Waals surface area contributed by atoms with Gasteiger partial charge in [-0.05, 0) is 103 Å². The van der Waals surface area contributed by atoms with E-state index in [2.05, 4.69) is 38.0 Å². The van der Waals surface area contributed by atoms with Crippen molar-refractivity contribution in [2.24, 2.45) is 5.92 Å². The number of aliphatic hydroxyl groups is 2. The summed E-state index contributed by atoms with van der Waals surface area (Å²) in [6, 6.07) is 32.9. The van der Waals surface area contributed by atoms with Crippen LogP contribution in [0.2, 0.25) is 0 Å². The molecule has 8 rings (SSSR count). The molecule has 1 unspecified atom stereocenters. The maximum atomic E-state index is 14.2. The Kier molecular flexibility index (Phi) is 15.3. The Hall–Kier alpha value is -7.05. The van der Waals surface area contributed by atoms with Gasteiger partial charge in [0.1, 0.15) is 11.5 Å². The number of esters is 1. The standard InChI is InChI=1S/C53H54F3N5O9/c54-53(55,56)44-24-35(14-15-36(44)28-57-29-46(63)42-16-18-45(62)49-43(42)17-19-47(64)60-49)50(66)59-40-26-39(27-40)58-48(65)32-69-41-13-7-12-38(25-41)52(68,37-10-5-2-6-11-37)51(67)70-31-34-20-22-61(23-21-34)30-33-8-3-1-4-9-33/h1-19,24-25,34,39-40,46,57,62-63,68H,20-23,26-32H2,(H,58,65)(H,59,66)(H,60,64)/t39-,40-,46-,52?/m0/s1. The third-order valence-electron chi connectivity index (χ3n) is 12.9. The monoisotopic (exact) mass is 961 g/mol. The van der Waals surface area contributed by atoms with Gasteiger partial charge < -0.3 is 45.7 Å². The summed E-state index contributed by atoms with van der Waals surface area (Å²) in [4.78, 5) is 56.5. The number of nitrogens with zero attached hydrogens (tertiary/aromatic N) is 1. The van der Waals surface area contributed by atoms with Gasteiger partial charge in [-0.15, -0.1) is 0 Å². The highest BCUT2D eigenvalue weighted by atomic mass is 19.4. The van der Waals surface area contributed by atoms with Crippen LogP contribution in [0.3, 0.4) is 0 Å². The predicted octanol–water partition coefficient (Wildman–Crippen LogP) is 6.22. The predicted molar refractivity (Wildman–Crippen MR) is 254 cm³/mol. The number of hydrogen-bond donors (Lipinski definition) is 7. The second-order valence-electron chi connectivity index (χ2n) is 17.9. The van der Waals surface area contributed by atoms with Gasteiger partial charge in [-0.3, -0.25) is 19.3 Å². The van der Waals surface area contributed by atoms with Crippen LogP contribution in [0.4, 0.5) is 13.2 Å². The highest BCUT2D eigenvalue weighted by molar-refractivity contribution is 5.95. The Morgan fingerprint density at radius 2 is 1.51 bits per heavy atom. The van der Waals surface area contributed by atoms with E-state index in [1.54, 1.807) is 48.5 Å². The number of likely N-dealkylation sites (tertiary alicyclic amines) is 1. The number of aromatic amines is 1. The summed E-state index contributed by atoms with van der Waals surface area (Å²) >= 11 is 0. The highest BCUT2D eigenvalue weighted by Gasteiger charge is 2.43. The van der Waals surface area contributed by atoms with Crippen molar-refractivity contribution < 1.29 is 52.3 Å². The Bertz CT molecular complexity index is 2850. The number of ether oxygens (including phenoxy) is 2. The van der Waals surface area contributed by atoms with Crippen molar-refractivity contribution in [3.63, 3.8) is 0 Å². The molecule has 2 amide bonds. The first-order valence-corrected chi connectivity index (χ1v) is 23.1. The van der Waals surface area contributed by atoms with Crippen molar-refractivity contribution in [2.45, 2.75) is 68.7 Å². The first-order valence-electron chi connectivity index (χ1n) is 23.1. The van der Waals surface area contributed by atoms with Gasteiger partial charge in [0, 0.05) is 54.3 Å². The molecule has 366 valence electrons. The number of piperidine rings is 1. The minimum atomic E-state index is -4.80. The molecular weight excluding hydrogens is 908 g/mol. The van der Waals surface area contributed by atoms with Crippen molar-refractivity contribution in [1.29, 1.82) is 0 Å². The minimum absolute atomic E-state index is 0.123. The summed E-state index contributed by atoms with van der Waals surface area (Å²) in [7, 11) is 0. The number of aromatic nitrogens is 1. The maximum Gasteiger partial charge on any atom is 0.416 e. The lowest BCUT2D eigenvalue weighted by Crippen LogP contribution is -2.54. The molecule has 14 nitrogen and oxygen atoms in total. The number of aromatic hydroxyl groups is 1. The van der Waals surface area contributed by atoms with E-state index in [9.17, 15) is 47.7 Å². The summed E-state index contributed by atoms with van der Waals surface area (Å²) < 4.78 is 54.4. The normalized spacial score (nSPS) is 17.7. The van der Waals surface area contributed by atoms with E-state index >= 15 is 0 Å². The number of carbonyl (C=O) groups excluding carboxylic acids is 3. The first-order chi connectivity index (χ1) is 33.6. The quantitative estimate of drug-likeness (QED) is 0.0482. The Labute approximate surface area is 401 Å². The van der Waals surface area contributed by atoms with E-state index in [0.717, 1.165) is 38.5 Å². The fourth-order valence-electron chi connectivity index (χ4n) is 9.02. The topological polar surface area (TPSA) is 203 Å². The fraction of sp³-hybridized carbons (Fsp3) is 0.321. The zero-order valence-electron chi connectivity index (χ0n) is 38.1. The molecule has 17 heteroatoms. The van der Waals surface area contributed by atoms with Crippen LogP contribution in [0.25, 0.3) is 10.9 Å². The number of halogens is 3. The molecule has 0 bridgehead atoms. The molecule has 0 spiro atoms. The lowest BCUT2D eigenvalue weighted by Gasteiger charge is -2.36. The van der Waals surface area contributed by atoms with E-state index in [1.807, 2.05) is 18.2 Å². The number of carbonyl (C=O) groups is 3. The average molecular weight is 962 g/mol. The Morgan fingerprint density at radius 1 is 0.814 bits per heavy atom. The smallest absolute Gasteiger partial charge is 0.416 e. The number of hydrogen-bond acceptors (Lipinski definition) is 11. The Balaban J connectivity index is 0.800. The molecule has 0 radical (unpaired) electrons. The van der Waals surface area contributed by atoms with Crippen LogP contribution in [-0.4, -0.2) is 87.9 Å². The van der Waals surface area contributed by atoms with Crippen LogP contribution in [0.5, 0.6) is 11.5 Å². The van der Waals surface area contributed by atoms with Crippen molar-refractivity contribution in [2.75, 3.05) is 32.8 Å². The van der Waals surface area contributed by atoms with Gasteiger partial charge in [-0.1, -0.05) is 84.9 Å². The van der Waals surface area contributed by atoms with Gasteiger partial charge in [0.05, 0.1) is 23.8 Å². The first kappa shape index (κ1) is 49.4. The molecule has 7 N–H and O–H groups in total. The van der Waals surface area contributed by atoms with Crippen LogP contribution in [0, 0.1) is 5.92 Å². The number of pyridine rings is 1. The van der Waals surface area contributed by atoms with Gasteiger partial charge in [-0.2, -0.15) is 13.2 Å². The number of rotatable bonds is 18. The molecular formula is C53H54F3N5O9. The van der Waals surface area contributed by atoms with E-state index in [1.165, 1.54) is 48.0 Å². The zero-order valence-corrected chi connectivity index (χ0v) is 38.1. The van der Waals surface area contributed by atoms with E-state index in [-0.39, 0.29) is 65.4 Å². The van der Waals surface area contributed by atoms with E-state index in [0.29, 0.717) is 29.4 Å². The van der Waals surface area contributed by atoms with Crippen LogP contribution >= 0.6 is 0 Å². The highest BCUT2D eigenvalue weighted by Crippen LogP contribution is 2.36. The summed E-state index contributed by atoms with van der Waals surface area (Å²) in [5.74, 6) is -1.84. The van der Waals surface area contributed by atoms with Crippen molar-refractivity contribution in [3.8, 4) is 11.5 Å². The molecule has 1 aliphatic carbocycles. The van der Waals surface area contributed by atoms with Gasteiger partial charge in [0.15, 0.2) is 6.61 Å². The molecule has 5 aromatic carbocycles. The number of fused-ring (bicyclic) bond motifs is 1. The third kappa shape index (κ3) is 11.9. The fourth-order valence-corrected chi connectivity index (χ4v) is 9.02. The van der Waals surface area contributed by atoms with E-state index < -0.39 is 59.4 Å². The van der Waals surface area contributed by atoms with E-state index in [4.69, 9.17) is 9.47 Å². The molecule has 2 atom stereocenters. The van der Waals surface area contributed by atoms with Crippen LogP contribution in [0.15, 0.2) is 132 Å². The third-order valence-corrected chi connectivity index (χ3v) is 12.9. The molecule has 1 aliphatic heterocycles. The average Bonchev–Trinajstić information content (AvgIpc) is 3.35. The number of H-pyrrole nitrogens is 1. The largest absolute Gasteiger partial charge is 0.506 e. The van der Waals surface area contributed by atoms with Gasteiger partial charge in [-0.25, -0.2) is 4.79 Å². The number of phenols is 1. The second-order valence-corrected chi connectivity index (χ2v) is 17.9. The van der Waals surface area contributed by atoms with Gasteiger partial charge >= 0.3 is 12.1 Å².